The Labute approximate surface area is 171 Å². The fraction of sp³-hybridized carbons (Fsp3) is 0.600. The van der Waals surface area contributed by atoms with Gasteiger partial charge in [-0.2, -0.15) is 4.31 Å². The molecule has 0 atom stereocenters. The molecule has 2 amide bonds. The third-order valence-electron chi connectivity index (χ3n) is 5.66. The van der Waals surface area contributed by atoms with Crippen molar-refractivity contribution in [1.82, 2.24) is 14.5 Å². The van der Waals surface area contributed by atoms with E-state index in [-0.39, 0.29) is 49.4 Å². The number of carbonyl (C=O) groups is 2. The van der Waals surface area contributed by atoms with Gasteiger partial charge in [0.1, 0.15) is 5.82 Å². The highest BCUT2D eigenvalue weighted by atomic mass is 32.2. The lowest BCUT2D eigenvalue weighted by molar-refractivity contribution is -0.134. The summed E-state index contributed by atoms with van der Waals surface area (Å²) in [6.45, 7) is 0.696. The molecule has 0 unspecified atom stereocenters. The number of nitrogens with one attached hydrogen (secondary N) is 1. The van der Waals surface area contributed by atoms with E-state index in [1.807, 2.05) is 0 Å². The van der Waals surface area contributed by atoms with Crippen LogP contribution in [0, 0.1) is 11.7 Å². The summed E-state index contributed by atoms with van der Waals surface area (Å²) >= 11 is 0. The highest BCUT2D eigenvalue weighted by Crippen LogP contribution is 2.26. The van der Waals surface area contributed by atoms with Gasteiger partial charge in [0.05, 0.1) is 11.4 Å². The summed E-state index contributed by atoms with van der Waals surface area (Å²) in [4.78, 5) is 25.9. The van der Waals surface area contributed by atoms with Crippen molar-refractivity contribution in [2.45, 2.75) is 43.4 Å². The molecule has 9 heteroatoms. The fourth-order valence-electron chi connectivity index (χ4n) is 3.97. The molecule has 7 nitrogen and oxygen atoms in total. The Morgan fingerprint density at radius 3 is 2.41 bits per heavy atom. The van der Waals surface area contributed by atoms with Crippen molar-refractivity contribution in [3.05, 3.63) is 30.1 Å². The number of benzene rings is 1. The number of sulfonamides is 1. The van der Waals surface area contributed by atoms with Crippen LogP contribution in [0.1, 0.15) is 38.5 Å². The van der Waals surface area contributed by atoms with Crippen LogP contribution < -0.4 is 5.32 Å². The number of amides is 2. The van der Waals surface area contributed by atoms with Crippen molar-refractivity contribution in [2.75, 3.05) is 32.7 Å². The van der Waals surface area contributed by atoms with Crippen LogP contribution >= 0.6 is 0 Å². The Kier molecular flexibility index (Phi) is 7.23. The standard InChI is InChI=1S/C20H28FN3O4S/c21-17-7-4-8-18(14-17)29(27,28)24-11-9-23(10-12-24)20(26)15-22-19(25)13-16-5-2-1-3-6-16/h4,7-8,14,16H,1-3,5-6,9-13,15H2,(H,22,25). The first kappa shape index (κ1) is 21.7. The van der Waals surface area contributed by atoms with Crippen LogP contribution in [-0.4, -0.2) is 62.2 Å². The molecule has 1 saturated heterocycles. The number of carbonyl (C=O) groups excluding carboxylic acids is 2. The van der Waals surface area contributed by atoms with Crippen molar-refractivity contribution in [3.8, 4) is 0 Å². The second kappa shape index (κ2) is 9.67. The molecular formula is C20H28FN3O4S. The van der Waals surface area contributed by atoms with Gasteiger partial charge in [-0.1, -0.05) is 25.3 Å². The summed E-state index contributed by atoms with van der Waals surface area (Å²) < 4.78 is 39.9. The first-order valence-corrected chi connectivity index (χ1v) is 11.6. The molecule has 0 spiro atoms. The number of piperazine rings is 1. The smallest absolute Gasteiger partial charge is 0.243 e. The molecule has 2 aliphatic rings. The van der Waals surface area contributed by atoms with Crippen LogP contribution in [0.5, 0.6) is 0 Å². The molecule has 1 saturated carbocycles. The van der Waals surface area contributed by atoms with Gasteiger partial charge in [-0.3, -0.25) is 9.59 Å². The molecule has 2 fully saturated rings. The molecule has 0 radical (unpaired) electrons. The second-order valence-electron chi connectivity index (χ2n) is 7.73. The van der Waals surface area contributed by atoms with Gasteiger partial charge < -0.3 is 10.2 Å². The van der Waals surface area contributed by atoms with E-state index >= 15 is 0 Å². The number of hydrogen-bond donors (Lipinski definition) is 1. The summed E-state index contributed by atoms with van der Waals surface area (Å²) in [5, 5.41) is 2.70. The van der Waals surface area contributed by atoms with Crippen molar-refractivity contribution in [2.24, 2.45) is 5.92 Å². The lowest BCUT2D eigenvalue weighted by Crippen LogP contribution is -2.52. The van der Waals surface area contributed by atoms with Crippen LogP contribution in [-0.2, 0) is 19.6 Å². The fourth-order valence-corrected chi connectivity index (χ4v) is 5.42. The summed E-state index contributed by atoms with van der Waals surface area (Å²) in [7, 11) is -3.79. The first-order valence-electron chi connectivity index (χ1n) is 10.2. The molecule has 1 aromatic carbocycles. The van der Waals surface area contributed by atoms with Crippen molar-refractivity contribution < 1.29 is 22.4 Å². The zero-order valence-electron chi connectivity index (χ0n) is 16.5. The van der Waals surface area contributed by atoms with Gasteiger partial charge in [-0.05, 0) is 37.0 Å². The third-order valence-corrected chi connectivity index (χ3v) is 7.56. The van der Waals surface area contributed by atoms with Crippen LogP contribution in [0.3, 0.4) is 0 Å². The average Bonchev–Trinajstić information content (AvgIpc) is 2.73. The van der Waals surface area contributed by atoms with E-state index in [4.69, 9.17) is 0 Å². The quantitative estimate of drug-likeness (QED) is 0.752. The molecule has 3 rings (SSSR count). The van der Waals surface area contributed by atoms with Gasteiger partial charge in [0.25, 0.3) is 0 Å². The average molecular weight is 426 g/mol. The monoisotopic (exact) mass is 425 g/mol. The minimum Gasteiger partial charge on any atom is -0.347 e. The second-order valence-corrected chi connectivity index (χ2v) is 9.67. The largest absolute Gasteiger partial charge is 0.347 e. The highest BCUT2D eigenvalue weighted by molar-refractivity contribution is 7.89. The third kappa shape index (κ3) is 5.76. The van der Waals surface area contributed by atoms with Gasteiger partial charge >= 0.3 is 0 Å². The summed E-state index contributed by atoms with van der Waals surface area (Å²) in [5.41, 5.74) is 0. The Morgan fingerprint density at radius 1 is 1.07 bits per heavy atom. The normalized spacial score (nSPS) is 19.1. The van der Waals surface area contributed by atoms with Gasteiger partial charge in [0.15, 0.2) is 0 Å². The van der Waals surface area contributed by atoms with Crippen molar-refractivity contribution >= 4 is 21.8 Å². The van der Waals surface area contributed by atoms with Gasteiger partial charge in [0.2, 0.25) is 21.8 Å². The van der Waals surface area contributed by atoms with Crippen LogP contribution in [0.25, 0.3) is 0 Å². The maximum atomic E-state index is 13.4. The predicted molar refractivity (Wildman–Crippen MR) is 106 cm³/mol. The lowest BCUT2D eigenvalue weighted by Gasteiger charge is -2.34. The van der Waals surface area contributed by atoms with Crippen molar-refractivity contribution in [3.63, 3.8) is 0 Å². The molecule has 0 bridgehead atoms. The minimum atomic E-state index is -3.79. The molecule has 160 valence electrons. The van der Waals surface area contributed by atoms with Crippen molar-refractivity contribution in [1.29, 1.82) is 0 Å². The van der Waals surface area contributed by atoms with Gasteiger partial charge in [-0.25, -0.2) is 12.8 Å². The zero-order valence-corrected chi connectivity index (χ0v) is 17.3. The number of hydrogen-bond acceptors (Lipinski definition) is 4. The predicted octanol–water partition coefficient (Wildman–Crippen LogP) is 1.75. The SMILES string of the molecule is O=C(CC1CCCCC1)NCC(=O)N1CCN(S(=O)(=O)c2cccc(F)c2)CC1. The van der Waals surface area contributed by atoms with E-state index in [9.17, 15) is 22.4 Å². The van der Waals surface area contributed by atoms with E-state index in [2.05, 4.69) is 5.32 Å². The van der Waals surface area contributed by atoms with E-state index in [1.54, 1.807) is 4.90 Å². The number of nitrogens with zero attached hydrogens (tertiary/aromatic N) is 2. The topological polar surface area (TPSA) is 86.8 Å². The maximum Gasteiger partial charge on any atom is 0.243 e. The van der Waals surface area contributed by atoms with Gasteiger partial charge in [-0.15, -0.1) is 0 Å². The molecule has 1 aliphatic heterocycles. The van der Waals surface area contributed by atoms with Crippen LogP contribution in [0.15, 0.2) is 29.2 Å². The Balaban J connectivity index is 1.45. The Hall–Kier alpha value is -2.00. The first-order chi connectivity index (χ1) is 13.9. The maximum absolute atomic E-state index is 13.4. The van der Waals surface area contributed by atoms with Crippen LogP contribution in [0.4, 0.5) is 4.39 Å². The highest BCUT2D eigenvalue weighted by Gasteiger charge is 2.30. The molecule has 1 aliphatic carbocycles. The molecule has 1 N–H and O–H groups in total. The molecule has 1 heterocycles. The van der Waals surface area contributed by atoms with E-state index in [0.717, 1.165) is 18.9 Å². The van der Waals surface area contributed by atoms with E-state index in [1.165, 1.54) is 41.8 Å². The molecule has 0 aromatic heterocycles. The van der Waals surface area contributed by atoms with Gasteiger partial charge in [0, 0.05) is 32.6 Å². The Morgan fingerprint density at radius 2 is 1.76 bits per heavy atom. The Bertz CT molecular complexity index is 832. The minimum absolute atomic E-state index is 0.0673. The summed E-state index contributed by atoms with van der Waals surface area (Å²) in [6.07, 6.45) is 6.18. The zero-order chi connectivity index (χ0) is 20.9. The molecule has 1 aromatic rings. The number of halogens is 1. The van der Waals surface area contributed by atoms with E-state index in [0.29, 0.717) is 12.3 Å². The molecular weight excluding hydrogens is 397 g/mol. The number of rotatable bonds is 6. The van der Waals surface area contributed by atoms with Crippen LogP contribution in [0.2, 0.25) is 0 Å². The summed E-state index contributed by atoms with van der Waals surface area (Å²) in [6, 6.07) is 4.91. The summed E-state index contributed by atoms with van der Waals surface area (Å²) in [5.74, 6) is -0.512. The molecule has 29 heavy (non-hydrogen) atoms. The lowest BCUT2D eigenvalue weighted by atomic mass is 9.87. The van der Waals surface area contributed by atoms with E-state index < -0.39 is 15.8 Å².